The minimum Gasteiger partial charge on any atom is -0.354 e. The number of anilines is 1. The van der Waals surface area contributed by atoms with Gasteiger partial charge in [-0.25, -0.2) is 13.2 Å². The minimum absolute atomic E-state index is 0.0557. The molecule has 0 bridgehead atoms. The summed E-state index contributed by atoms with van der Waals surface area (Å²) in [5.41, 5.74) is 1.22. The van der Waals surface area contributed by atoms with Gasteiger partial charge in [0.2, 0.25) is 15.9 Å². The first-order valence-electron chi connectivity index (χ1n) is 7.20. The molecule has 8 nitrogen and oxygen atoms in total. The van der Waals surface area contributed by atoms with Gasteiger partial charge in [0, 0.05) is 38.3 Å². The number of nitrogens with one attached hydrogen (secondary N) is 3. The van der Waals surface area contributed by atoms with E-state index in [0.29, 0.717) is 31.7 Å². The van der Waals surface area contributed by atoms with Crippen LogP contribution in [0.4, 0.5) is 10.5 Å². The van der Waals surface area contributed by atoms with Crippen LogP contribution in [0.3, 0.4) is 0 Å². The maximum Gasteiger partial charge on any atom is 0.317 e. The highest BCUT2D eigenvalue weighted by Gasteiger charge is 2.17. The molecule has 2 rings (SSSR count). The zero-order valence-electron chi connectivity index (χ0n) is 12.8. The van der Waals surface area contributed by atoms with E-state index in [0.717, 1.165) is 11.8 Å². The zero-order chi connectivity index (χ0) is 16.9. The van der Waals surface area contributed by atoms with Crippen LogP contribution < -0.4 is 15.4 Å². The van der Waals surface area contributed by atoms with Gasteiger partial charge in [0.15, 0.2) is 0 Å². The van der Waals surface area contributed by atoms with E-state index < -0.39 is 10.0 Å². The zero-order valence-corrected chi connectivity index (χ0v) is 13.6. The lowest BCUT2D eigenvalue weighted by Gasteiger charge is -2.20. The van der Waals surface area contributed by atoms with Crippen LogP contribution in [0.15, 0.2) is 24.3 Å². The van der Waals surface area contributed by atoms with Crippen LogP contribution in [0.5, 0.6) is 0 Å². The van der Waals surface area contributed by atoms with E-state index >= 15 is 0 Å². The summed E-state index contributed by atoms with van der Waals surface area (Å²) in [6, 6.07) is 6.56. The molecule has 1 saturated heterocycles. The highest BCUT2D eigenvalue weighted by Crippen LogP contribution is 2.12. The molecular weight excluding hydrogens is 320 g/mol. The first-order chi connectivity index (χ1) is 10.8. The van der Waals surface area contributed by atoms with Crippen LogP contribution in [-0.2, 0) is 21.4 Å². The molecule has 3 amide bonds. The van der Waals surface area contributed by atoms with E-state index in [9.17, 15) is 18.0 Å². The fourth-order valence-corrected chi connectivity index (χ4v) is 2.77. The average molecular weight is 340 g/mol. The van der Waals surface area contributed by atoms with Crippen LogP contribution in [-0.4, -0.2) is 51.1 Å². The Morgan fingerprint density at radius 2 is 2.13 bits per heavy atom. The van der Waals surface area contributed by atoms with Crippen molar-refractivity contribution in [1.29, 1.82) is 0 Å². The Balaban J connectivity index is 1.91. The van der Waals surface area contributed by atoms with E-state index in [1.54, 1.807) is 29.2 Å². The molecule has 126 valence electrons. The van der Waals surface area contributed by atoms with Gasteiger partial charge in [0.05, 0.1) is 6.26 Å². The fourth-order valence-electron chi connectivity index (χ4n) is 2.22. The number of rotatable bonds is 4. The number of benzene rings is 1. The Morgan fingerprint density at radius 3 is 2.87 bits per heavy atom. The Kier molecular flexibility index (Phi) is 5.43. The van der Waals surface area contributed by atoms with Gasteiger partial charge in [-0.2, -0.15) is 0 Å². The largest absolute Gasteiger partial charge is 0.354 e. The molecule has 1 fully saturated rings. The van der Waals surface area contributed by atoms with Crippen molar-refractivity contribution in [3.63, 3.8) is 0 Å². The summed E-state index contributed by atoms with van der Waals surface area (Å²) in [7, 11) is -3.34. The number of hydrogen-bond donors (Lipinski definition) is 3. The van der Waals surface area contributed by atoms with Gasteiger partial charge in [-0.1, -0.05) is 12.1 Å². The summed E-state index contributed by atoms with van der Waals surface area (Å²) < 4.78 is 24.8. The number of hydrogen-bond acceptors (Lipinski definition) is 4. The summed E-state index contributed by atoms with van der Waals surface area (Å²) in [4.78, 5) is 24.9. The van der Waals surface area contributed by atoms with Crippen molar-refractivity contribution in [2.24, 2.45) is 0 Å². The number of sulfonamides is 1. The SMILES string of the molecule is CS(=O)(=O)Nc1cccc(CNC(=O)N2CCNC(=O)CC2)c1. The van der Waals surface area contributed by atoms with Gasteiger partial charge >= 0.3 is 6.03 Å². The highest BCUT2D eigenvalue weighted by molar-refractivity contribution is 7.92. The lowest BCUT2D eigenvalue weighted by Crippen LogP contribution is -2.41. The van der Waals surface area contributed by atoms with Crippen LogP contribution >= 0.6 is 0 Å². The van der Waals surface area contributed by atoms with E-state index in [4.69, 9.17) is 0 Å². The van der Waals surface area contributed by atoms with Crippen LogP contribution in [0, 0.1) is 0 Å². The molecule has 0 unspecified atom stereocenters. The van der Waals surface area contributed by atoms with E-state index in [1.165, 1.54) is 0 Å². The molecule has 3 N–H and O–H groups in total. The third-order valence-electron chi connectivity index (χ3n) is 3.27. The predicted octanol–water partition coefficient (Wildman–Crippen LogP) is 0.0896. The molecule has 23 heavy (non-hydrogen) atoms. The van der Waals surface area contributed by atoms with Gasteiger partial charge < -0.3 is 15.5 Å². The molecule has 0 saturated carbocycles. The standard InChI is InChI=1S/C14H20N4O4S/c1-23(21,22)17-12-4-2-3-11(9-12)10-16-14(20)18-7-5-13(19)15-6-8-18/h2-4,9,17H,5-8,10H2,1H3,(H,15,19)(H,16,20). The van der Waals surface area contributed by atoms with Crippen LogP contribution in [0.2, 0.25) is 0 Å². The maximum atomic E-state index is 12.1. The second-order valence-electron chi connectivity index (χ2n) is 5.32. The van der Waals surface area contributed by atoms with Crippen molar-refractivity contribution in [2.75, 3.05) is 30.6 Å². The van der Waals surface area contributed by atoms with Gasteiger partial charge in [-0.05, 0) is 17.7 Å². The number of urea groups is 1. The molecule has 1 aromatic rings. The lowest BCUT2D eigenvalue weighted by atomic mass is 10.2. The number of carbonyl (C=O) groups is 2. The quantitative estimate of drug-likeness (QED) is 0.722. The normalized spacial score (nSPS) is 15.5. The fraction of sp³-hybridized carbons (Fsp3) is 0.429. The molecule has 1 aliphatic rings. The van der Waals surface area contributed by atoms with Gasteiger partial charge in [0.1, 0.15) is 0 Å². The summed E-state index contributed by atoms with van der Waals surface area (Å²) in [5.74, 6) is -0.0557. The smallest absolute Gasteiger partial charge is 0.317 e. The van der Waals surface area contributed by atoms with Crippen molar-refractivity contribution >= 4 is 27.6 Å². The molecule has 1 aromatic carbocycles. The van der Waals surface area contributed by atoms with E-state index in [-0.39, 0.29) is 18.5 Å². The third-order valence-corrected chi connectivity index (χ3v) is 3.88. The first kappa shape index (κ1) is 17.1. The van der Waals surface area contributed by atoms with Crippen molar-refractivity contribution in [3.05, 3.63) is 29.8 Å². The molecule has 0 atom stereocenters. The van der Waals surface area contributed by atoms with Crippen molar-refractivity contribution < 1.29 is 18.0 Å². The molecule has 1 heterocycles. The Bertz CT molecular complexity index is 690. The molecule has 0 aliphatic carbocycles. The summed E-state index contributed by atoms with van der Waals surface area (Å²) in [6.45, 7) is 1.57. The average Bonchev–Trinajstić information content (AvgIpc) is 2.68. The molecule has 9 heteroatoms. The van der Waals surface area contributed by atoms with Gasteiger partial charge in [-0.3, -0.25) is 9.52 Å². The molecule has 1 aliphatic heterocycles. The maximum absolute atomic E-state index is 12.1. The first-order valence-corrected chi connectivity index (χ1v) is 9.09. The van der Waals surface area contributed by atoms with Gasteiger partial charge in [0.25, 0.3) is 0 Å². The Hall–Kier alpha value is -2.29. The highest BCUT2D eigenvalue weighted by atomic mass is 32.2. The Labute approximate surface area is 135 Å². The predicted molar refractivity (Wildman–Crippen MR) is 86.3 cm³/mol. The van der Waals surface area contributed by atoms with Crippen molar-refractivity contribution in [3.8, 4) is 0 Å². The molecule has 0 radical (unpaired) electrons. The molecule has 0 aromatic heterocycles. The van der Waals surface area contributed by atoms with Crippen molar-refractivity contribution in [1.82, 2.24) is 15.5 Å². The number of carbonyl (C=O) groups excluding carboxylic acids is 2. The second-order valence-corrected chi connectivity index (χ2v) is 7.07. The van der Waals surface area contributed by atoms with Gasteiger partial charge in [-0.15, -0.1) is 0 Å². The Morgan fingerprint density at radius 1 is 1.35 bits per heavy atom. The minimum atomic E-state index is -3.34. The van der Waals surface area contributed by atoms with Crippen LogP contribution in [0.1, 0.15) is 12.0 Å². The summed E-state index contributed by atoms with van der Waals surface area (Å²) >= 11 is 0. The lowest BCUT2D eigenvalue weighted by molar-refractivity contribution is -0.120. The van der Waals surface area contributed by atoms with E-state index in [2.05, 4.69) is 15.4 Å². The molecular formula is C14H20N4O4S. The summed E-state index contributed by atoms with van der Waals surface area (Å²) in [6.07, 6.45) is 1.37. The number of nitrogens with zero attached hydrogens (tertiary/aromatic N) is 1. The number of amides is 3. The molecule has 0 spiro atoms. The monoisotopic (exact) mass is 340 g/mol. The van der Waals surface area contributed by atoms with E-state index in [1.807, 2.05) is 0 Å². The van der Waals surface area contributed by atoms with Crippen LogP contribution in [0.25, 0.3) is 0 Å². The topological polar surface area (TPSA) is 108 Å². The second kappa shape index (κ2) is 7.32. The third kappa shape index (κ3) is 5.78. The van der Waals surface area contributed by atoms with Crippen molar-refractivity contribution in [2.45, 2.75) is 13.0 Å². The summed E-state index contributed by atoms with van der Waals surface area (Å²) in [5, 5.41) is 5.48.